The number of Topliss-reactive ketones (excluding diaryl/α,β-unsaturated/α-hetero) is 1. The Balaban J connectivity index is 1.47. The number of rotatable bonds is 4. The predicted molar refractivity (Wildman–Crippen MR) is 90.2 cm³/mol. The molecule has 2 aliphatic heterocycles. The summed E-state index contributed by atoms with van der Waals surface area (Å²) in [4.78, 5) is 26.8. The summed E-state index contributed by atoms with van der Waals surface area (Å²) >= 11 is 1.34. The third kappa shape index (κ3) is 4.19. The lowest BCUT2D eigenvalue weighted by molar-refractivity contribution is 0.0238. The van der Waals surface area contributed by atoms with E-state index in [1.807, 2.05) is 0 Å². The number of likely N-dealkylation sites (tertiary alicyclic amines) is 1. The fourth-order valence-corrected chi connectivity index (χ4v) is 4.16. The third-order valence-electron chi connectivity index (χ3n) is 4.78. The van der Waals surface area contributed by atoms with Crippen molar-refractivity contribution in [3.63, 3.8) is 0 Å². The van der Waals surface area contributed by atoms with E-state index in [0.717, 1.165) is 52.0 Å². The van der Waals surface area contributed by atoms with Crippen molar-refractivity contribution in [2.75, 3.05) is 26.3 Å². The molecule has 0 spiro atoms. The van der Waals surface area contributed by atoms with E-state index >= 15 is 0 Å². The van der Waals surface area contributed by atoms with Gasteiger partial charge in [-0.25, -0.2) is 0 Å². The second-order valence-corrected chi connectivity index (χ2v) is 7.29. The van der Waals surface area contributed by atoms with Crippen molar-refractivity contribution in [2.45, 2.75) is 44.7 Å². The summed E-state index contributed by atoms with van der Waals surface area (Å²) in [6.45, 7) is 5.35. The molecule has 0 bridgehead atoms. The Bertz CT molecular complexity index is 558. The van der Waals surface area contributed by atoms with Crippen molar-refractivity contribution in [3.8, 4) is 0 Å². The highest BCUT2D eigenvalue weighted by atomic mass is 32.1. The molecule has 1 aromatic rings. The molecule has 126 valence electrons. The lowest BCUT2D eigenvalue weighted by atomic mass is 9.99. The zero-order chi connectivity index (χ0) is 16.2. The van der Waals surface area contributed by atoms with Gasteiger partial charge in [-0.3, -0.25) is 9.59 Å². The monoisotopic (exact) mass is 336 g/mol. The van der Waals surface area contributed by atoms with Crippen LogP contribution >= 0.6 is 11.3 Å². The van der Waals surface area contributed by atoms with Gasteiger partial charge in [0.1, 0.15) is 0 Å². The van der Waals surface area contributed by atoms with E-state index in [2.05, 4.69) is 10.2 Å². The summed E-state index contributed by atoms with van der Waals surface area (Å²) < 4.78 is 5.43. The number of carbonyl (C=O) groups is 2. The first-order valence-electron chi connectivity index (χ1n) is 8.35. The van der Waals surface area contributed by atoms with Crippen LogP contribution in [0.2, 0.25) is 0 Å². The second kappa shape index (κ2) is 7.55. The minimum atomic E-state index is -0.0572. The van der Waals surface area contributed by atoms with Crippen LogP contribution in [-0.4, -0.2) is 55.0 Å². The van der Waals surface area contributed by atoms with Crippen LogP contribution in [0.15, 0.2) is 11.4 Å². The summed E-state index contributed by atoms with van der Waals surface area (Å²) in [5, 5.41) is 4.88. The predicted octanol–water partition coefficient (Wildman–Crippen LogP) is 2.32. The van der Waals surface area contributed by atoms with Crippen molar-refractivity contribution >= 4 is 23.0 Å². The zero-order valence-electron chi connectivity index (χ0n) is 13.5. The lowest BCUT2D eigenvalue weighted by Crippen LogP contribution is -2.49. The first-order chi connectivity index (χ1) is 11.1. The molecule has 3 rings (SSSR count). The maximum Gasteiger partial charge on any atom is 0.252 e. The van der Waals surface area contributed by atoms with Gasteiger partial charge in [0.25, 0.3) is 5.91 Å². The van der Waals surface area contributed by atoms with Crippen molar-refractivity contribution in [2.24, 2.45) is 0 Å². The van der Waals surface area contributed by atoms with Crippen molar-refractivity contribution in [1.29, 1.82) is 0 Å². The quantitative estimate of drug-likeness (QED) is 0.858. The van der Waals surface area contributed by atoms with E-state index in [-0.39, 0.29) is 17.7 Å². The number of nitrogens with one attached hydrogen (secondary N) is 1. The van der Waals surface area contributed by atoms with E-state index in [1.54, 1.807) is 11.4 Å². The Morgan fingerprint density at radius 3 is 2.52 bits per heavy atom. The fraction of sp³-hybridized carbons (Fsp3) is 0.647. The van der Waals surface area contributed by atoms with Crippen LogP contribution in [0.25, 0.3) is 0 Å². The van der Waals surface area contributed by atoms with Crippen molar-refractivity contribution < 1.29 is 14.3 Å². The number of hydrogen-bond donors (Lipinski definition) is 1. The van der Waals surface area contributed by atoms with Gasteiger partial charge in [0.15, 0.2) is 5.78 Å². The second-order valence-electron chi connectivity index (χ2n) is 6.38. The first-order valence-corrected chi connectivity index (χ1v) is 9.23. The summed E-state index contributed by atoms with van der Waals surface area (Å²) in [5.74, 6) is -0.0444. The molecule has 6 heteroatoms. The van der Waals surface area contributed by atoms with E-state index in [0.29, 0.717) is 16.5 Å². The van der Waals surface area contributed by atoms with Gasteiger partial charge >= 0.3 is 0 Å². The molecule has 0 saturated carbocycles. The zero-order valence-corrected chi connectivity index (χ0v) is 14.4. The lowest BCUT2D eigenvalue weighted by Gasteiger charge is -2.39. The van der Waals surface area contributed by atoms with Gasteiger partial charge in [-0.1, -0.05) is 0 Å². The van der Waals surface area contributed by atoms with Crippen LogP contribution < -0.4 is 5.32 Å². The first kappa shape index (κ1) is 16.6. The van der Waals surface area contributed by atoms with Crippen LogP contribution in [0.5, 0.6) is 0 Å². The highest BCUT2D eigenvalue weighted by molar-refractivity contribution is 7.12. The SMILES string of the molecule is CC(=O)c1cc(C(=O)NC2CCN(C3CCOCC3)CC2)cs1. The number of amides is 1. The minimum Gasteiger partial charge on any atom is -0.381 e. The molecule has 0 unspecified atom stereocenters. The van der Waals surface area contributed by atoms with Gasteiger partial charge in [-0.15, -0.1) is 11.3 Å². The number of carbonyl (C=O) groups excluding carboxylic acids is 2. The normalized spacial score (nSPS) is 21.3. The summed E-state index contributed by atoms with van der Waals surface area (Å²) in [7, 11) is 0. The van der Waals surface area contributed by atoms with Gasteiger partial charge in [0.2, 0.25) is 0 Å². The van der Waals surface area contributed by atoms with Crippen molar-refractivity contribution in [1.82, 2.24) is 10.2 Å². The highest BCUT2D eigenvalue weighted by Crippen LogP contribution is 2.21. The topological polar surface area (TPSA) is 58.6 Å². The Kier molecular flexibility index (Phi) is 5.46. The number of nitrogens with zero attached hydrogens (tertiary/aromatic N) is 1. The van der Waals surface area contributed by atoms with Crippen LogP contribution in [0, 0.1) is 0 Å². The summed E-state index contributed by atoms with van der Waals surface area (Å²) in [6, 6.07) is 2.58. The average Bonchev–Trinajstić information content (AvgIpc) is 3.07. The highest BCUT2D eigenvalue weighted by Gasteiger charge is 2.27. The standard InChI is InChI=1S/C17H24N2O3S/c1-12(20)16-10-13(11-23-16)17(21)18-14-2-6-19(7-3-14)15-4-8-22-9-5-15/h10-11,14-15H,2-9H2,1H3,(H,18,21). The Labute approximate surface area is 141 Å². The van der Waals surface area contributed by atoms with Gasteiger partial charge in [-0.05, 0) is 38.7 Å². The smallest absolute Gasteiger partial charge is 0.252 e. The van der Waals surface area contributed by atoms with E-state index < -0.39 is 0 Å². The molecule has 0 radical (unpaired) electrons. The van der Waals surface area contributed by atoms with Gasteiger partial charge in [0.05, 0.1) is 10.4 Å². The molecule has 0 aromatic carbocycles. The molecule has 23 heavy (non-hydrogen) atoms. The molecule has 2 saturated heterocycles. The molecule has 3 heterocycles. The molecule has 2 aliphatic rings. The number of hydrogen-bond acceptors (Lipinski definition) is 5. The number of thiophene rings is 1. The summed E-state index contributed by atoms with van der Waals surface area (Å²) in [5.41, 5.74) is 0.604. The van der Waals surface area contributed by atoms with E-state index in [9.17, 15) is 9.59 Å². The molecule has 1 aromatic heterocycles. The maximum atomic E-state index is 12.3. The maximum absolute atomic E-state index is 12.3. The molecule has 5 nitrogen and oxygen atoms in total. The van der Waals surface area contributed by atoms with E-state index in [1.165, 1.54) is 18.3 Å². The van der Waals surface area contributed by atoms with Crippen LogP contribution in [-0.2, 0) is 4.74 Å². The molecular weight excluding hydrogens is 312 g/mol. The molecule has 0 aliphatic carbocycles. The molecule has 1 amide bonds. The van der Waals surface area contributed by atoms with Crippen LogP contribution in [0.3, 0.4) is 0 Å². The molecule has 1 N–H and O–H groups in total. The Morgan fingerprint density at radius 2 is 1.91 bits per heavy atom. The van der Waals surface area contributed by atoms with Crippen molar-refractivity contribution in [3.05, 3.63) is 21.9 Å². The number of piperidine rings is 1. The largest absolute Gasteiger partial charge is 0.381 e. The average molecular weight is 336 g/mol. The summed E-state index contributed by atoms with van der Waals surface area (Å²) in [6.07, 6.45) is 4.24. The van der Waals surface area contributed by atoms with E-state index in [4.69, 9.17) is 4.74 Å². The van der Waals surface area contributed by atoms with Gasteiger partial charge in [-0.2, -0.15) is 0 Å². The number of ketones is 1. The van der Waals surface area contributed by atoms with Gasteiger partial charge < -0.3 is 15.0 Å². The molecule has 2 fully saturated rings. The van der Waals surface area contributed by atoms with Gasteiger partial charge in [0, 0.05) is 43.8 Å². The van der Waals surface area contributed by atoms with Crippen LogP contribution in [0.1, 0.15) is 52.6 Å². The Hall–Kier alpha value is -1.24. The molecular formula is C17H24N2O3S. The Morgan fingerprint density at radius 1 is 1.22 bits per heavy atom. The fourth-order valence-electron chi connectivity index (χ4n) is 3.37. The molecule has 0 atom stereocenters. The minimum absolute atomic E-state index is 0.0128. The van der Waals surface area contributed by atoms with Crippen LogP contribution in [0.4, 0.5) is 0 Å². The number of ether oxygens (including phenoxy) is 1. The third-order valence-corrected chi connectivity index (χ3v) is 5.81.